The fourth-order valence-corrected chi connectivity index (χ4v) is 1.43. The molecular formula is C12H13ClN2OS. The first-order valence-corrected chi connectivity index (χ1v) is 6.03. The predicted molar refractivity (Wildman–Crippen MR) is 72.4 cm³/mol. The van der Waals surface area contributed by atoms with Crippen LogP contribution < -0.4 is 5.32 Å². The van der Waals surface area contributed by atoms with Gasteiger partial charge >= 0.3 is 0 Å². The van der Waals surface area contributed by atoms with E-state index in [4.69, 9.17) is 16.9 Å². The Morgan fingerprint density at radius 3 is 2.71 bits per heavy atom. The number of nitrogens with zero attached hydrogens (tertiary/aromatic N) is 1. The third kappa shape index (κ3) is 3.65. The van der Waals surface area contributed by atoms with E-state index in [9.17, 15) is 4.79 Å². The lowest BCUT2D eigenvalue weighted by atomic mass is 10.1. The Hall–Kier alpha value is -1.18. The topological polar surface area (TPSA) is 52.9 Å². The van der Waals surface area contributed by atoms with Crippen LogP contribution in [0.1, 0.15) is 19.4 Å². The normalized spacial score (nSPS) is 12.0. The Labute approximate surface area is 111 Å². The Morgan fingerprint density at radius 1 is 1.53 bits per heavy atom. The first-order valence-electron chi connectivity index (χ1n) is 5.14. The molecule has 0 aliphatic heterocycles. The van der Waals surface area contributed by atoms with Crippen molar-refractivity contribution in [3.8, 4) is 6.07 Å². The number of hydrogen-bond donors (Lipinski definition) is 2. The molecule has 0 aromatic heterocycles. The summed E-state index contributed by atoms with van der Waals surface area (Å²) in [6.07, 6.45) is 0. The summed E-state index contributed by atoms with van der Waals surface area (Å²) in [4.78, 5) is 11.8. The molecule has 0 saturated heterocycles. The molecule has 0 fully saturated rings. The van der Waals surface area contributed by atoms with E-state index in [0.29, 0.717) is 16.3 Å². The molecule has 0 aliphatic rings. The van der Waals surface area contributed by atoms with Gasteiger partial charge in [-0.05, 0) is 24.1 Å². The van der Waals surface area contributed by atoms with Crippen LogP contribution in [-0.2, 0) is 4.79 Å². The SMILES string of the molecule is CC(C)C(S)C(=O)Nc1cc(C#N)ccc1Cl. The van der Waals surface area contributed by atoms with E-state index < -0.39 is 5.25 Å². The molecule has 1 atom stereocenters. The molecule has 0 saturated carbocycles. The van der Waals surface area contributed by atoms with E-state index in [1.54, 1.807) is 18.2 Å². The van der Waals surface area contributed by atoms with Gasteiger partial charge in [0, 0.05) is 0 Å². The van der Waals surface area contributed by atoms with Crippen molar-refractivity contribution in [1.29, 1.82) is 5.26 Å². The standard InChI is InChI=1S/C12H13ClN2OS/c1-7(2)11(17)12(16)15-10-5-8(6-14)3-4-9(10)13/h3-5,7,11,17H,1-2H3,(H,15,16). The van der Waals surface area contributed by atoms with Crippen LogP contribution in [0, 0.1) is 17.2 Å². The summed E-state index contributed by atoms with van der Waals surface area (Å²) >= 11 is 10.1. The van der Waals surface area contributed by atoms with E-state index in [2.05, 4.69) is 17.9 Å². The molecule has 1 rings (SSSR count). The van der Waals surface area contributed by atoms with Gasteiger partial charge in [0.05, 0.1) is 27.6 Å². The molecule has 1 unspecified atom stereocenters. The number of hydrogen-bond acceptors (Lipinski definition) is 3. The zero-order valence-corrected chi connectivity index (χ0v) is 11.2. The van der Waals surface area contributed by atoms with Gasteiger partial charge in [-0.25, -0.2) is 0 Å². The van der Waals surface area contributed by atoms with Gasteiger partial charge in [0.15, 0.2) is 0 Å². The molecule has 1 N–H and O–H groups in total. The monoisotopic (exact) mass is 268 g/mol. The van der Waals surface area contributed by atoms with E-state index in [1.807, 2.05) is 19.9 Å². The number of amides is 1. The maximum Gasteiger partial charge on any atom is 0.237 e. The summed E-state index contributed by atoms with van der Waals surface area (Å²) in [5, 5.41) is 11.4. The summed E-state index contributed by atoms with van der Waals surface area (Å²) in [6, 6.07) is 6.71. The first-order chi connectivity index (χ1) is 7.95. The number of benzene rings is 1. The molecule has 0 spiro atoms. The minimum Gasteiger partial charge on any atom is -0.324 e. The zero-order valence-electron chi connectivity index (χ0n) is 9.57. The number of nitriles is 1. The van der Waals surface area contributed by atoms with Crippen LogP contribution in [0.25, 0.3) is 0 Å². The van der Waals surface area contributed by atoms with Crippen molar-refractivity contribution in [2.75, 3.05) is 5.32 Å². The Morgan fingerprint density at radius 2 is 2.18 bits per heavy atom. The van der Waals surface area contributed by atoms with E-state index in [-0.39, 0.29) is 11.8 Å². The average molecular weight is 269 g/mol. The highest BCUT2D eigenvalue weighted by molar-refractivity contribution is 7.81. The summed E-state index contributed by atoms with van der Waals surface area (Å²) in [5.41, 5.74) is 0.889. The highest BCUT2D eigenvalue weighted by Crippen LogP contribution is 2.24. The van der Waals surface area contributed by atoms with Gasteiger partial charge in [0.1, 0.15) is 0 Å². The second kappa shape index (κ2) is 5.95. The summed E-state index contributed by atoms with van der Waals surface area (Å²) in [6.45, 7) is 3.81. The maximum absolute atomic E-state index is 11.8. The Kier molecular flexibility index (Phi) is 4.86. The third-order valence-corrected chi connectivity index (χ3v) is 3.41. The van der Waals surface area contributed by atoms with Crippen LogP contribution in [0.5, 0.6) is 0 Å². The third-order valence-electron chi connectivity index (χ3n) is 2.25. The molecule has 1 amide bonds. The van der Waals surface area contributed by atoms with Crippen molar-refractivity contribution in [1.82, 2.24) is 0 Å². The van der Waals surface area contributed by atoms with E-state index in [1.165, 1.54) is 0 Å². The predicted octanol–water partition coefficient (Wildman–Crippen LogP) is 3.10. The maximum atomic E-state index is 11.8. The fraction of sp³-hybridized carbons (Fsp3) is 0.333. The lowest BCUT2D eigenvalue weighted by Crippen LogP contribution is -2.27. The fourth-order valence-electron chi connectivity index (χ4n) is 1.20. The Balaban J connectivity index is 2.88. The largest absolute Gasteiger partial charge is 0.324 e. The number of carbonyl (C=O) groups is 1. The molecule has 0 bridgehead atoms. The van der Waals surface area contributed by atoms with Crippen molar-refractivity contribution >= 4 is 35.8 Å². The molecule has 5 heteroatoms. The lowest BCUT2D eigenvalue weighted by Gasteiger charge is -2.15. The number of nitrogens with one attached hydrogen (secondary N) is 1. The van der Waals surface area contributed by atoms with E-state index >= 15 is 0 Å². The van der Waals surface area contributed by atoms with Crippen LogP contribution in [0.15, 0.2) is 18.2 Å². The minimum absolute atomic E-state index is 0.122. The van der Waals surface area contributed by atoms with Crippen LogP contribution >= 0.6 is 24.2 Å². The molecule has 3 nitrogen and oxygen atoms in total. The molecule has 0 radical (unpaired) electrons. The molecule has 17 heavy (non-hydrogen) atoms. The van der Waals surface area contributed by atoms with Gasteiger partial charge < -0.3 is 5.32 Å². The van der Waals surface area contributed by atoms with Crippen LogP contribution in [0.4, 0.5) is 5.69 Å². The highest BCUT2D eigenvalue weighted by atomic mass is 35.5. The second-order valence-electron chi connectivity index (χ2n) is 3.98. The van der Waals surface area contributed by atoms with Crippen LogP contribution in [0.3, 0.4) is 0 Å². The van der Waals surface area contributed by atoms with Crippen LogP contribution in [-0.4, -0.2) is 11.2 Å². The van der Waals surface area contributed by atoms with Crippen molar-refractivity contribution in [3.63, 3.8) is 0 Å². The summed E-state index contributed by atoms with van der Waals surface area (Å²) < 4.78 is 0. The highest BCUT2D eigenvalue weighted by Gasteiger charge is 2.18. The minimum atomic E-state index is -0.406. The van der Waals surface area contributed by atoms with Gasteiger partial charge in [-0.3, -0.25) is 4.79 Å². The second-order valence-corrected chi connectivity index (χ2v) is 4.95. The zero-order chi connectivity index (χ0) is 13.0. The van der Waals surface area contributed by atoms with Gasteiger partial charge in [-0.1, -0.05) is 25.4 Å². The van der Waals surface area contributed by atoms with Crippen molar-refractivity contribution in [3.05, 3.63) is 28.8 Å². The quantitative estimate of drug-likeness (QED) is 0.828. The number of rotatable bonds is 3. The van der Waals surface area contributed by atoms with Gasteiger partial charge in [-0.2, -0.15) is 17.9 Å². The number of thiol groups is 1. The van der Waals surface area contributed by atoms with Gasteiger partial charge in [0.25, 0.3) is 0 Å². The lowest BCUT2D eigenvalue weighted by molar-refractivity contribution is -0.116. The van der Waals surface area contributed by atoms with E-state index in [0.717, 1.165) is 0 Å². The first kappa shape index (κ1) is 13.9. The number of anilines is 1. The molecule has 90 valence electrons. The van der Waals surface area contributed by atoms with Crippen LogP contribution in [0.2, 0.25) is 5.02 Å². The molecule has 1 aromatic carbocycles. The average Bonchev–Trinajstić information content (AvgIpc) is 2.30. The Bertz CT molecular complexity index is 468. The summed E-state index contributed by atoms with van der Waals surface area (Å²) in [7, 11) is 0. The molecule has 0 aliphatic carbocycles. The summed E-state index contributed by atoms with van der Waals surface area (Å²) in [5.74, 6) is -0.100. The van der Waals surface area contributed by atoms with Crippen molar-refractivity contribution < 1.29 is 4.79 Å². The van der Waals surface area contributed by atoms with Gasteiger partial charge in [-0.15, -0.1) is 0 Å². The van der Waals surface area contributed by atoms with Crippen molar-refractivity contribution in [2.24, 2.45) is 5.92 Å². The molecule has 1 aromatic rings. The smallest absolute Gasteiger partial charge is 0.237 e. The number of carbonyl (C=O) groups excluding carboxylic acids is 1. The van der Waals surface area contributed by atoms with Gasteiger partial charge in [0.2, 0.25) is 5.91 Å². The molecule has 0 heterocycles. The molecular weight excluding hydrogens is 256 g/mol. The number of halogens is 1. The van der Waals surface area contributed by atoms with Crippen molar-refractivity contribution in [2.45, 2.75) is 19.1 Å².